The topological polar surface area (TPSA) is 55.5 Å². The van der Waals surface area contributed by atoms with Crippen molar-refractivity contribution in [1.82, 2.24) is 0 Å². The molecule has 2 aliphatic rings. The van der Waals surface area contributed by atoms with Crippen LogP contribution in [0.4, 0.5) is 5.69 Å². The zero-order chi connectivity index (χ0) is 11.9. The Kier molecular flexibility index (Phi) is 2.28. The summed E-state index contributed by atoms with van der Waals surface area (Å²) in [6.07, 6.45) is 5.73. The van der Waals surface area contributed by atoms with Crippen LogP contribution in [0.15, 0.2) is 23.2 Å². The van der Waals surface area contributed by atoms with Crippen molar-refractivity contribution in [1.29, 1.82) is 0 Å². The number of rotatable bonds is 1. The van der Waals surface area contributed by atoms with Crippen molar-refractivity contribution in [2.45, 2.75) is 31.1 Å². The van der Waals surface area contributed by atoms with Gasteiger partial charge in [-0.2, -0.15) is 0 Å². The molecule has 0 unspecified atom stereocenters. The predicted molar refractivity (Wildman–Crippen MR) is 68.5 cm³/mol. The monoisotopic (exact) mass is 228 g/mol. The van der Waals surface area contributed by atoms with Gasteiger partial charge in [-0.05, 0) is 30.5 Å². The Morgan fingerprint density at radius 2 is 2.06 bits per heavy atom. The van der Waals surface area contributed by atoms with Crippen LogP contribution in [0.5, 0.6) is 0 Å². The molecular formula is C14H16N2O. The van der Waals surface area contributed by atoms with E-state index in [1.54, 1.807) is 0 Å². The van der Waals surface area contributed by atoms with Crippen molar-refractivity contribution in [3.8, 4) is 0 Å². The maximum Gasteiger partial charge on any atom is 0.168 e. The summed E-state index contributed by atoms with van der Waals surface area (Å²) in [6.45, 7) is 0.762. The molecule has 88 valence electrons. The van der Waals surface area contributed by atoms with Gasteiger partial charge in [-0.25, -0.2) is 0 Å². The maximum atomic E-state index is 11.1. The molecule has 0 aromatic heterocycles. The third-order valence-corrected chi connectivity index (χ3v) is 4.12. The Hall–Kier alpha value is -1.64. The first-order chi connectivity index (χ1) is 8.25. The minimum absolute atomic E-state index is 0.176. The Morgan fingerprint density at radius 1 is 1.29 bits per heavy atom. The van der Waals surface area contributed by atoms with Crippen LogP contribution in [0.25, 0.3) is 0 Å². The lowest BCUT2D eigenvalue weighted by atomic mass is 9.74. The van der Waals surface area contributed by atoms with E-state index in [1.807, 2.05) is 12.1 Å². The van der Waals surface area contributed by atoms with E-state index in [0.29, 0.717) is 11.4 Å². The molecule has 0 bridgehead atoms. The fraction of sp³-hybridized carbons (Fsp3) is 0.429. The molecule has 0 atom stereocenters. The second kappa shape index (κ2) is 3.69. The highest BCUT2D eigenvalue weighted by Gasteiger charge is 2.39. The zero-order valence-corrected chi connectivity index (χ0v) is 9.78. The molecule has 2 N–H and O–H groups in total. The molecule has 17 heavy (non-hydrogen) atoms. The SMILES string of the molecule is Nc1ccc2c(c1)C(C=O)=NCC21CCCC1. The van der Waals surface area contributed by atoms with E-state index in [0.717, 1.165) is 18.4 Å². The van der Waals surface area contributed by atoms with Crippen LogP contribution >= 0.6 is 0 Å². The first-order valence-electron chi connectivity index (χ1n) is 6.15. The minimum atomic E-state index is 0.176. The van der Waals surface area contributed by atoms with Gasteiger partial charge >= 0.3 is 0 Å². The molecule has 1 saturated carbocycles. The van der Waals surface area contributed by atoms with Gasteiger partial charge in [-0.15, -0.1) is 0 Å². The maximum absolute atomic E-state index is 11.1. The van der Waals surface area contributed by atoms with Gasteiger partial charge in [0.05, 0.1) is 0 Å². The molecule has 3 rings (SSSR count). The summed E-state index contributed by atoms with van der Waals surface area (Å²) in [5, 5.41) is 0. The quantitative estimate of drug-likeness (QED) is 0.591. The number of nitrogen functional groups attached to an aromatic ring is 1. The summed E-state index contributed by atoms with van der Waals surface area (Å²) < 4.78 is 0. The number of nitrogens with zero attached hydrogens (tertiary/aromatic N) is 1. The van der Waals surface area contributed by atoms with Crippen LogP contribution in [-0.2, 0) is 10.2 Å². The average Bonchev–Trinajstić information content (AvgIpc) is 2.79. The van der Waals surface area contributed by atoms with Gasteiger partial charge in [-0.3, -0.25) is 9.79 Å². The van der Waals surface area contributed by atoms with Crippen LogP contribution in [0, 0.1) is 0 Å². The fourth-order valence-electron chi connectivity index (χ4n) is 3.22. The Labute approximate surface area is 101 Å². The number of hydrogen-bond donors (Lipinski definition) is 1. The predicted octanol–water partition coefficient (Wildman–Crippen LogP) is 2.08. The van der Waals surface area contributed by atoms with Gasteiger partial charge in [0, 0.05) is 23.2 Å². The summed E-state index contributed by atoms with van der Waals surface area (Å²) in [7, 11) is 0. The second-order valence-electron chi connectivity index (χ2n) is 5.11. The van der Waals surface area contributed by atoms with Gasteiger partial charge in [0.1, 0.15) is 5.71 Å². The smallest absolute Gasteiger partial charge is 0.168 e. The molecule has 1 fully saturated rings. The Morgan fingerprint density at radius 3 is 2.76 bits per heavy atom. The molecule has 1 spiro atoms. The summed E-state index contributed by atoms with van der Waals surface area (Å²) in [5.74, 6) is 0. The van der Waals surface area contributed by atoms with Crippen LogP contribution in [0.2, 0.25) is 0 Å². The van der Waals surface area contributed by atoms with E-state index in [-0.39, 0.29) is 5.41 Å². The number of aldehydes is 1. The molecule has 0 saturated heterocycles. The highest BCUT2D eigenvalue weighted by Crippen LogP contribution is 2.45. The normalized spacial score (nSPS) is 21.1. The van der Waals surface area contributed by atoms with Crippen molar-refractivity contribution >= 4 is 17.7 Å². The number of aliphatic imine (C=N–C) groups is 1. The van der Waals surface area contributed by atoms with Crippen LogP contribution in [-0.4, -0.2) is 18.5 Å². The lowest BCUT2D eigenvalue weighted by Crippen LogP contribution is -2.33. The molecule has 1 aromatic rings. The number of benzene rings is 1. The number of hydrogen-bond acceptors (Lipinski definition) is 3. The Bertz CT molecular complexity index is 499. The average molecular weight is 228 g/mol. The van der Waals surface area contributed by atoms with E-state index in [2.05, 4.69) is 11.1 Å². The lowest BCUT2D eigenvalue weighted by molar-refractivity contribution is -0.102. The molecule has 0 amide bonds. The van der Waals surface area contributed by atoms with E-state index in [1.165, 1.54) is 31.2 Å². The molecule has 1 aliphatic carbocycles. The number of anilines is 1. The van der Waals surface area contributed by atoms with Gasteiger partial charge in [0.15, 0.2) is 6.29 Å². The third kappa shape index (κ3) is 1.49. The van der Waals surface area contributed by atoms with Gasteiger partial charge in [0.25, 0.3) is 0 Å². The molecule has 3 nitrogen and oxygen atoms in total. The molecule has 1 aromatic carbocycles. The summed E-state index contributed by atoms with van der Waals surface area (Å²) in [6, 6.07) is 5.92. The van der Waals surface area contributed by atoms with Gasteiger partial charge in [0.2, 0.25) is 0 Å². The first-order valence-corrected chi connectivity index (χ1v) is 6.15. The van der Waals surface area contributed by atoms with Crippen LogP contribution in [0.3, 0.4) is 0 Å². The fourth-order valence-corrected chi connectivity index (χ4v) is 3.22. The molecule has 1 heterocycles. The van der Waals surface area contributed by atoms with Crippen molar-refractivity contribution < 1.29 is 4.79 Å². The van der Waals surface area contributed by atoms with Crippen molar-refractivity contribution in [2.75, 3.05) is 12.3 Å². The van der Waals surface area contributed by atoms with E-state index >= 15 is 0 Å². The summed E-state index contributed by atoms with van der Waals surface area (Å²) >= 11 is 0. The number of fused-ring (bicyclic) bond motifs is 2. The molecule has 0 radical (unpaired) electrons. The number of carbonyl (C=O) groups is 1. The zero-order valence-electron chi connectivity index (χ0n) is 9.78. The largest absolute Gasteiger partial charge is 0.399 e. The van der Waals surface area contributed by atoms with Crippen molar-refractivity contribution in [2.24, 2.45) is 4.99 Å². The first kappa shape index (κ1) is 10.5. The lowest BCUT2D eigenvalue weighted by Gasteiger charge is -2.33. The standard InChI is InChI=1S/C14H16N2O/c15-10-3-4-12-11(7-10)13(8-17)16-9-14(12)5-1-2-6-14/h3-4,7-8H,1-2,5-6,9,15H2. The van der Waals surface area contributed by atoms with Gasteiger partial charge in [-0.1, -0.05) is 18.9 Å². The minimum Gasteiger partial charge on any atom is -0.399 e. The van der Waals surface area contributed by atoms with E-state index in [4.69, 9.17) is 5.73 Å². The second-order valence-corrected chi connectivity index (χ2v) is 5.11. The molecular weight excluding hydrogens is 212 g/mol. The van der Waals surface area contributed by atoms with Crippen LogP contribution < -0.4 is 5.73 Å². The van der Waals surface area contributed by atoms with Crippen LogP contribution in [0.1, 0.15) is 36.8 Å². The Balaban J connectivity index is 2.19. The third-order valence-electron chi connectivity index (χ3n) is 4.12. The van der Waals surface area contributed by atoms with Gasteiger partial charge < -0.3 is 5.73 Å². The van der Waals surface area contributed by atoms with Crippen molar-refractivity contribution in [3.05, 3.63) is 29.3 Å². The van der Waals surface area contributed by atoms with Crippen molar-refractivity contribution in [3.63, 3.8) is 0 Å². The van der Waals surface area contributed by atoms with E-state index in [9.17, 15) is 4.79 Å². The highest BCUT2D eigenvalue weighted by molar-refractivity contribution is 6.37. The van der Waals surface area contributed by atoms with E-state index < -0.39 is 0 Å². The number of carbonyl (C=O) groups excluding carboxylic acids is 1. The summed E-state index contributed by atoms with van der Waals surface area (Å²) in [5.41, 5.74) is 9.48. The highest BCUT2D eigenvalue weighted by atomic mass is 16.1. The summed E-state index contributed by atoms with van der Waals surface area (Å²) in [4.78, 5) is 15.5. The molecule has 1 aliphatic heterocycles. The number of nitrogens with two attached hydrogens (primary N) is 1. The molecule has 3 heteroatoms.